The lowest BCUT2D eigenvalue weighted by atomic mass is 10.2. The lowest BCUT2D eigenvalue weighted by molar-refractivity contribution is -0.118. The first-order chi connectivity index (χ1) is 12.0. The second kappa shape index (κ2) is 8.35. The van der Waals surface area contributed by atoms with E-state index < -0.39 is 17.9 Å². The van der Waals surface area contributed by atoms with Crippen LogP contribution < -0.4 is 16.0 Å². The zero-order valence-electron chi connectivity index (χ0n) is 13.9. The van der Waals surface area contributed by atoms with Crippen LogP contribution >= 0.6 is 23.7 Å². The van der Waals surface area contributed by atoms with E-state index in [4.69, 9.17) is 14.9 Å². The predicted octanol–water partition coefficient (Wildman–Crippen LogP) is 1.54. The number of anilines is 1. The van der Waals surface area contributed by atoms with Crippen LogP contribution in [-0.2, 0) is 16.1 Å². The molecule has 1 atom stereocenters. The molecule has 140 valence electrons. The number of methoxy groups -OCH3 is 1. The summed E-state index contributed by atoms with van der Waals surface area (Å²) in [4.78, 5) is 38.1. The van der Waals surface area contributed by atoms with Crippen molar-refractivity contribution in [3.05, 3.63) is 40.7 Å². The van der Waals surface area contributed by atoms with Crippen LogP contribution in [0.5, 0.6) is 0 Å². The first-order valence-electron chi connectivity index (χ1n) is 7.60. The van der Waals surface area contributed by atoms with E-state index in [2.05, 4.69) is 5.32 Å². The van der Waals surface area contributed by atoms with Gasteiger partial charge in [0.2, 0.25) is 5.91 Å². The van der Waals surface area contributed by atoms with Crippen LogP contribution in [0.15, 0.2) is 28.2 Å². The second-order valence-electron chi connectivity index (χ2n) is 5.44. The van der Waals surface area contributed by atoms with Gasteiger partial charge in [-0.05, 0) is 23.9 Å². The molecule has 1 unspecified atom stereocenters. The van der Waals surface area contributed by atoms with Crippen molar-refractivity contribution in [1.82, 2.24) is 5.32 Å². The summed E-state index contributed by atoms with van der Waals surface area (Å²) < 4.78 is 9.86. The van der Waals surface area contributed by atoms with Gasteiger partial charge in [0.15, 0.2) is 0 Å². The number of nitrogens with one attached hydrogen (secondary N) is 1. The lowest BCUT2D eigenvalue weighted by Gasteiger charge is -2.16. The fourth-order valence-electron chi connectivity index (χ4n) is 2.64. The second-order valence-corrected chi connectivity index (χ2v) is 6.34. The van der Waals surface area contributed by atoms with Crippen LogP contribution in [0.3, 0.4) is 0 Å². The minimum Gasteiger partial charge on any atom is -0.467 e. The molecule has 1 fully saturated rings. The van der Waals surface area contributed by atoms with Crippen molar-refractivity contribution in [1.29, 1.82) is 0 Å². The molecule has 26 heavy (non-hydrogen) atoms. The fourth-order valence-corrected chi connectivity index (χ4v) is 3.56. The summed E-state index contributed by atoms with van der Waals surface area (Å²) in [6.07, 6.45) is 1.76. The highest BCUT2D eigenvalue weighted by Gasteiger charge is 2.36. The summed E-state index contributed by atoms with van der Waals surface area (Å²) in [6, 6.07) is 2.50. The Morgan fingerprint density at radius 1 is 1.50 bits per heavy atom. The van der Waals surface area contributed by atoms with Crippen LogP contribution in [-0.4, -0.2) is 37.5 Å². The third-order valence-electron chi connectivity index (χ3n) is 3.92. The highest BCUT2D eigenvalue weighted by Crippen LogP contribution is 2.31. The number of nitrogens with zero attached hydrogens (tertiary/aromatic N) is 1. The molecular weight excluding hydrogens is 382 g/mol. The molecule has 3 heterocycles. The van der Waals surface area contributed by atoms with E-state index in [1.165, 1.54) is 29.6 Å². The van der Waals surface area contributed by atoms with Gasteiger partial charge >= 0.3 is 5.97 Å². The van der Waals surface area contributed by atoms with Crippen LogP contribution in [0.25, 0.3) is 0 Å². The Labute approximate surface area is 159 Å². The Kier molecular flexibility index (Phi) is 6.41. The molecule has 1 aliphatic heterocycles. The highest BCUT2D eigenvalue weighted by molar-refractivity contribution is 7.14. The molecule has 3 N–H and O–H groups in total. The Morgan fingerprint density at radius 2 is 2.27 bits per heavy atom. The highest BCUT2D eigenvalue weighted by atomic mass is 35.5. The molecule has 0 aliphatic carbocycles. The molecule has 2 amide bonds. The van der Waals surface area contributed by atoms with E-state index in [9.17, 15) is 14.4 Å². The number of rotatable bonds is 5. The predicted molar refractivity (Wildman–Crippen MR) is 97.7 cm³/mol. The number of amides is 2. The average molecular weight is 400 g/mol. The molecule has 2 aromatic heterocycles. The topological polar surface area (TPSA) is 115 Å². The molecule has 0 bridgehead atoms. The number of ether oxygens (including phenoxy) is 1. The third-order valence-corrected chi connectivity index (χ3v) is 4.86. The maximum Gasteiger partial charge on any atom is 0.340 e. The molecule has 3 rings (SSSR count). The van der Waals surface area contributed by atoms with Crippen molar-refractivity contribution >= 4 is 46.5 Å². The minimum atomic E-state index is -0.656. The van der Waals surface area contributed by atoms with Crippen molar-refractivity contribution in [2.45, 2.75) is 19.0 Å². The summed E-state index contributed by atoms with van der Waals surface area (Å²) in [5.41, 5.74) is 6.11. The van der Waals surface area contributed by atoms with Crippen LogP contribution in [0.2, 0.25) is 0 Å². The van der Waals surface area contributed by atoms with Gasteiger partial charge < -0.3 is 25.1 Å². The van der Waals surface area contributed by atoms with Gasteiger partial charge in [-0.3, -0.25) is 9.59 Å². The molecule has 10 heteroatoms. The maximum atomic E-state index is 12.6. The monoisotopic (exact) mass is 399 g/mol. The van der Waals surface area contributed by atoms with Crippen molar-refractivity contribution in [3.8, 4) is 0 Å². The molecular formula is C16H18ClN3O5S. The molecule has 0 radical (unpaired) electrons. The first kappa shape index (κ1) is 20.0. The number of furan rings is 1. The number of esters is 1. The summed E-state index contributed by atoms with van der Waals surface area (Å²) in [6.45, 7) is 0.603. The van der Waals surface area contributed by atoms with Crippen LogP contribution in [0, 0.1) is 0 Å². The number of carbonyl (C=O) groups is 3. The number of hydrogen-bond acceptors (Lipinski definition) is 7. The molecule has 8 nitrogen and oxygen atoms in total. The van der Waals surface area contributed by atoms with Gasteiger partial charge in [0, 0.05) is 6.54 Å². The number of hydrogen-bond donors (Lipinski definition) is 2. The van der Waals surface area contributed by atoms with Gasteiger partial charge in [-0.1, -0.05) is 0 Å². The summed E-state index contributed by atoms with van der Waals surface area (Å²) in [5.74, 6) is -0.665. The summed E-state index contributed by atoms with van der Waals surface area (Å²) in [7, 11) is 1.29. The van der Waals surface area contributed by atoms with E-state index in [1.807, 2.05) is 0 Å². The minimum absolute atomic E-state index is 0. The van der Waals surface area contributed by atoms with E-state index in [1.54, 1.807) is 17.5 Å². The largest absolute Gasteiger partial charge is 0.467 e. The van der Waals surface area contributed by atoms with Gasteiger partial charge in [-0.15, -0.1) is 23.7 Å². The van der Waals surface area contributed by atoms with Crippen LogP contribution in [0.1, 0.15) is 32.9 Å². The third kappa shape index (κ3) is 3.74. The van der Waals surface area contributed by atoms with Gasteiger partial charge in [-0.2, -0.15) is 0 Å². The summed E-state index contributed by atoms with van der Waals surface area (Å²) >= 11 is 1.28. The van der Waals surface area contributed by atoms with Gasteiger partial charge in [0.05, 0.1) is 24.8 Å². The van der Waals surface area contributed by atoms with E-state index >= 15 is 0 Å². The molecule has 2 aromatic rings. The Bertz CT molecular complexity index is 818. The van der Waals surface area contributed by atoms with E-state index in [0.717, 1.165) is 0 Å². The summed E-state index contributed by atoms with van der Waals surface area (Å²) in [5, 5.41) is 4.95. The van der Waals surface area contributed by atoms with E-state index in [0.29, 0.717) is 34.9 Å². The Morgan fingerprint density at radius 3 is 2.92 bits per heavy atom. The van der Waals surface area contributed by atoms with Gasteiger partial charge in [0.25, 0.3) is 5.91 Å². The number of carbonyl (C=O) groups excluding carboxylic acids is 3. The zero-order valence-corrected chi connectivity index (χ0v) is 15.5. The normalized spacial score (nSPS) is 16.3. The standard InChI is InChI=1S/C16H17N3O5S.ClH/c1-23-16(22)11-3-5-25-15(11)19-4-2-12(14(19)21)18-13(20)9-6-10(7-17)24-8-9;/h3,5-6,8,12H,2,4,7,17H2,1H3,(H,18,20);1H. The van der Waals surface area contributed by atoms with Crippen LogP contribution in [0.4, 0.5) is 5.00 Å². The maximum absolute atomic E-state index is 12.6. The Hall–Kier alpha value is -2.36. The number of nitrogens with two attached hydrogens (primary N) is 1. The molecule has 0 spiro atoms. The average Bonchev–Trinajstić information content (AvgIpc) is 3.34. The first-order valence-corrected chi connectivity index (χ1v) is 8.48. The van der Waals surface area contributed by atoms with Crippen molar-refractivity contribution < 1.29 is 23.5 Å². The zero-order chi connectivity index (χ0) is 18.0. The molecule has 1 saturated heterocycles. The molecule has 1 aliphatic rings. The van der Waals surface area contributed by atoms with Gasteiger partial charge in [0.1, 0.15) is 23.1 Å². The quantitative estimate of drug-likeness (QED) is 0.737. The smallest absolute Gasteiger partial charge is 0.340 e. The fraction of sp³-hybridized carbons (Fsp3) is 0.312. The van der Waals surface area contributed by atoms with Crippen molar-refractivity contribution in [2.75, 3.05) is 18.6 Å². The number of thiophene rings is 1. The lowest BCUT2D eigenvalue weighted by Crippen LogP contribution is -2.41. The SMILES string of the molecule is COC(=O)c1ccsc1N1CCC(NC(=O)c2coc(CN)c2)C1=O.Cl. The van der Waals surface area contributed by atoms with Gasteiger partial charge in [-0.25, -0.2) is 4.79 Å². The number of halogens is 1. The molecule has 0 saturated carbocycles. The van der Waals surface area contributed by atoms with Crippen molar-refractivity contribution in [2.24, 2.45) is 5.73 Å². The van der Waals surface area contributed by atoms with Crippen molar-refractivity contribution in [3.63, 3.8) is 0 Å². The van der Waals surface area contributed by atoms with E-state index in [-0.39, 0.29) is 24.9 Å². The molecule has 0 aromatic carbocycles. The Balaban J connectivity index is 0.00000243.